The van der Waals surface area contributed by atoms with E-state index in [0.29, 0.717) is 22.7 Å². The van der Waals surface area contributed by atoms with E-state index in [0.717, 1.165) is 12.8 Å². The second-order valence-corrected chi connectivity index (χ2v) is 7.48. The lowest BCUT2D eigenvalue weighted by Gasteiger charge is -2.25. The van der Waals surface area contributed by atoms with Crippen molar-refractivity contribution in [3.05, 3.63) is 24.3 Å². The first kappa shape index (κ1) is 18.5. The van der Waals surface area contributed by atoms with Crippen LogP contribution in [-0.4, -0.2) is 50.5 Å². The summed E-state index contributed by atoms with van der Waals surface area (Å²) in [5.41, 5.74) is 4.75. The Hall–Kier alpha value is -2.82. The molecule has 1 aromatic heterocycles. The third kappa shape index (κ3) is 4.19. The molecule has 10 nitrogen and oxygen atoms in total. The van der Waals surface area contributed by atoms with Crippen molar-refractivity contribution in [1.29, 1.82) is 0 Å². The van der Waals surface area contributed by atoms with Gasteiger partial charge in [0.25, 0.3) is 5.91 Å². The van der Waals surface area contributed by atoms with Gasteiger partial charge in [0.1, 0.15) is 6.61 Å². The van der Waals surface area contributed by atoms with E-state index < -0.39 is 12.0 Å². The molecule has 2 amide bonds. The van der Waals surface area contributed by atoms with Gasteiger partial charge in [-0.3, -0.25) is 20.4 Å². The highest BCUT2D eigenvalue weighted by Gasteiger charge is 2.27. The fraction of sp³-hybridized carbons (Fsp3) is 0.471. The summed E-state index contributed by atoms with van der Waals surface area (Å²) in [6.45, 7) is 0.0730. The van der Waals surface area contributed by atoms with Crippen LogP contribution in [0.3, 0.4) is 0 Å². The van der Waals surface area contributed by atoms with Gasteiger partial charge in [-0.05, 0) is 35.4 Å². The number of para-hydroxylation sites is 2. The number of nitrogens with zero attached hydrogens (tertiary/aromatic N) is 4. The molecule has 1 aliphatic heterocycles. The van der Waals surface area contributed by atoms with Gasteiger partial charge in [0.15, 0.2) is 11.5 Å². The molecule has 148 valence electrons. The van der Waals surface area contributed by atoms with Crippen LogP contribution in [0, 0.1) is 0 Å². The number of benzene rings is 1. The fourth-order valence-electron chi connectivity index (χ4n) is 3.19. The topological polar surface area (TPSA) is 120 Å². The number of thioether (sulfide) groups is 1. The predicted octanol–water partition coefficient (Wildman–Crippen LogP) is 0.868. The molecule has 1 aromatic carbocycles. The van der Waals surface area contributed by atoms with Gasteiger partial charge in [0.2, 0.25) is 17.2 Å². The zero-order valence-electron chi connectivity index (χ0n) is 15.0. The standard InChI is InChI=1S/C17H20N6O4S/c24-15(10-28-17-20-21-22-23(17)11-5-1-2-6-11)18-19-16(25)14-9-26-12-7-3-4-8-13(12)27-14/h3-4,7-8,11,14H,1-2,5-6,9-10H2,(H,18,24)(H,19,25). The van der Waals surface area contributed by atoms with E-state index in [-0.39, 0.29) is 18.3 Å². The number of carbonyl (C=O) groups excluding carboxylic acids is 2. The summed E-state index contributed by atoms with van der Waals surface area (Å²) >= 11 is 1.23. The van der Waals surface area contributed by atoms with Gasteiger partial charge in [-0.2, -0.15) is 0 Å². The summed E-state index contributed by atoms with van der Waals surface area (Å²) < 4.78 is 12.9. The number of hydrogen-bond donors (Lipinski definition) is 2. The third-order valence-corrected chi connectivity index (χ3v) is 5.53. The molecule has 2 aromatic rings. The minimum atomic E-state index is -0.836. The first-order chi connectivity index (χ1) is 13.7. The molecule has 0 bridgehead atoms. The van der Waals surface area contributed by atoms with Crippen molar-refractivity contribution >= 4 is 23.6 Å². The van der Waals surface area contributed by atoms with Gasteiger partial charge in [0.05, 0.1) is 11.8 Å². The molecule has 0 radical (unpaired) electrons. The first-order valence-corrected chi connectivity index (χ1v) is 10.1. The molecule has 0 saturated heterocycles. The molecule has 11 heteroatoms. The van der Waals surface area contributed by atoms with E-state index in [2.05, 4.69) is 26.4 Å². The quantitative estimate of drug-likeness (QED) is 0.556. The number of ether oxygens (including phenoxy) is 2. The largest absolute Gasteiger partial charge is 0.485 e. The van der Waals surface area contributed by atoms with Gasteiger partial charge in [-0.15, -0.1) is 5.10 Å². The van der Waals surface area contributed by atoms with E-state index in [9.17, 15) is 9.59 Å². The Morgan fingerprint density at radius 1 is 1.18 bits per heavy atom. The second-order valence-electron chi connectivity index (χ2n) is 6.53. The number of amides is 2. The molecular weight excluding hydrogens is 384 g/mol. The molecule has 2 aliphatic rings. The van der Waals surface area contributed by atoms with Gasteiger partial charge in [0, 0.05) is 0 Å². The molecule has 0 spiro atoms. The zero-order chi connectivity index (χ0) is 19.3. The van der Waals surface area contributed by atoms with Crippen LogP contribution in [0.25, 0.3) is 0 Å². The van der Waals surface area contributed by atoms with Gasteiger partial charge in [-0.1, -0.05) is 36.7 Å². The summed E-state index contributed by atoms with van der Waals surface area (Å²) in [4.78, 5) is 24.3. The molecule has 28 heavy (non-hydrogen) atoms. The smallest absolute Gasteiger partial charge is 0.283 e. The molecule has 1 atom stereocenters. The van der Waals surface area contributed by atoms with Crippen LogP contribution in [0.1, 0.15) is 31.7 Å². The van der Waals surface area contributed by atoms with Crippen molar-refractivity contribution in [3.63, 3.8) is 0 Å². The maximum Gasteiger partial charge on any atom is 0.283 e. The van der Waals surface area contributed by atoms with Crippen molar-refractivity contribution in [3.8, 4) is 11.5 Å². The van der Waals surface area contributed by atoms with Crippen LogP contribution in [0.5, 0.6) is 11.5 Å². The summed E-state index contributed by atoms with van der Waals surface area (Å²) in [6.07, 6.45) is 3.59. The van der Waals surface area contributed by atoms with Crippen molar-refractivity contribution in [2.45, 2.75) is 43.0 Å². The van der Waals surface area contributed by atoms with Gasteiger partial charge in [-0.25, -0.2) is 4.68 Å². The van der Waals surface area contributed by atoms with E-state index in [4.69, 9.17) is 9.47 Å². The number of aromatic nitrogens is 4. The van der Waals surface area contributed by atoms with Crippen LogP contribution in [0.4, 0.5) is 0 Å². The number of tetrazole rings is 1. The van der Waals surface area contributed by atoms with E-state index in [1.807, 2.05) is 6.07 Å². The Morgan fingerprint density at radius 2 is 1.96 bits per heavy atom. The Balaban J connectivity index is 1.23. The van der Waals surface area contributed by atoms with Crippen molar-refractivity contribution in [2.24, 2.45) is 0 Å². The van der Waals surface area contributed by atoms with E-state index >= 15 is 0 Å². The Labute approximate surface area is 165 Å². The molecule has 1 aliphatic carbocycles. The number of nitrogens with one attached hydrogen (secondary N) is 2. The highest BCUT2D eigenvalue weighted by molar-refractivity contribution is 7.99. The molecule has 1 fully saturated rings. The van der Waals surface area contributed by atoms with E-state index in [1.165, 1.54) is 24.6 Å². The Morgan fingerprint density at radius 3 is 2.79 bits per heavy atom. The van der Waals surface area contributed by atoms with Gasteiger partial charge < -0.3 is 9.47 Å². The average molecular weight is 404 g/mol. The number of hydrogen-bond acceptors (Lipinski definition) is 8. The minimum absolute atomic E-state index is 0.0730. The lowest BCUT2D eigenvalue weighted by molar-refractivity contribution is -0.134. The molecule has 2 heterocycles. The van der Waals surface area contributed by atoms with E-state index in [1.54, 1.807) is 22.9 Å². The van der Waals surface area contributed by atoms with Crippen LogP contribution in [-0.2, 0) is 9.59 Å². The number of rotatable bonds is 5. The summed E-state index contributed by atoms with van der Waals surface area (Å²) in [6, 6.07) is 7.40. The molecule has 1 unspecified atom stereocenters. The number of carbonyl (C=O) groups is 2. The second kappa shape index (κ2) is 8.46. The minimum Gasteiger partial charge on any atom is -0.485 e. The summed E-state index contributed by atoms with van der Waals surface area (Å²) in [7, 11) is 0. The highest BCUT2D eigenvalue weighted by Crippen LogP contribution is 2.32. The average Bonchev–Trinajstić information content (AvgIpc) is 3.41. The van der Waals surface area contributed by atoms with Crippen LogP contribution in [0.15, 0.2) is 29.4 Å². The fourth-order valence-corrected chi connectivity index (χ4v) is 3.93. The predicted molar refractivity (Wildman–Crippen MR) is 98.7 cm³/mol. The summed E-state index contributed by atoms with van der Waals surface area (Å²) in [5, 5.41) is 12.3. The van der Waals surface area contributed by atoms with Crippen LogP contribution >= 0.6 is 11.8 Å². The number of hydrazine groups is 1. The maximum atomic E-state index is 12.2. The van der Waals surface area contributed by atoms with Crippen molar-refractivity contribution in [2.75, 3.05) is 12.4 Å². The normalized spacial score (nSPS) is 18.6. The highest BCUT2D eigenvalue weighted by atomic mass is 32.2. The molecule has 1 saturated carbocycles. The lowest BCUT2D eigenvalue weighted by atomic mass is 10.2. The maximum absolute atomic E-state index is 12.2. The third-order valence-electron chi connectivity index (χ3n) is 4.59. The van der Waals surface area contributed by atoms with Crippen molar-refractivity contribution < 1.29 is 19.1 Å². The zero-order valence-corrected chi connectivity index (χ0v) is 15.9. The first-order valence-electron chi connectivity index (χ1n) is 9.08. The van der Waals surface area contributed by atoms with Crippen LogP contribution < -0.4 is 20.3 Å². The monoisotopic (exact) mass is 404 g/mol. The molecular formula is C17H20N6O4S. The van der Waals surface area contributed by atoms with Gasteiger partial charge >= 0.3 is 0 Å². The molecule has 4 rings (SSSR count). The SMILES string of the molecule is O=C(CSc1nnnn1C1CCCC1)NNC(=O)C1COc2ccccc2O1. The number of fused-ring (bicyclic) bond motifs is 1. The Kier molecular flexibility index (Phi) is 5.60. The molecule has 2 N–H and O–H groups in total. The Bertz CT molecular complexity index is 854. The van der Waals surface area contributed by atoms with Crippen molar-refractivity contribution in [1.82, 2.24) is 31.1 Å². The summed E-state index contributed by atoms with van der Waals surface area (Å²) in [5.74, 6) is 0.319. The van der Waals surface area contributed by atoms with Crippen LogP contribution in [0.2, 0.25) is 0 Å². The lowest BCUT2D eigenvalue weighted by Crippen LogP contribution is -2.51.